The highest BCUT2D eigenvalue weighted by molar-refractivity contribution is 6.08. The van der Waals surface area contributed by atoms with E-state index >= 15 is 0 Å². The minimum Gasteiger partial charge on any atom is -0.347 e. The van der Waals surface area contributed by atoms with Gasteiger partial charge in [-0.25, -0.2) is 14.4 Å². The number of rotatable bonds is 6. The molecule has 5 rings (SSSR count). The largest absolute Gasteiger partial charge is 0.347 e. The Kier molecular flexibility index (Phi) is 6.09. The van der Waals surface area contributed by atoms with Crippen molar-refractivity contribution >= 4 is 23.4 Å². The van der Waals surface area contributed by atoms with Crippen LogP contribution in [-0.4, -0.2) is 55.4 Å². The van der Waals surface area contributed by atoms with Gasteiger partial charge in [0.15, 0.2) is 0 Å². The van der Waals surface area contributed by atoms with Crippen LogP contribution >= 0.6 is 0 Å². The van der Waals surface area contributed by atoms with E-state index in [1.807, 2.05) is 0 Å². The van der Waals surface area contributed by atoms with E-state index in [4.69, 9.17) is 0 Å². The summed E-state index contributed by atoms with van der Waals surface area (Å²) in [6, 6.07) is 10.0. The molecule has 1 aliphatic rings. The van der Waals surface area contributed by atoms with Gasteiger partial charge in [-0.15, -0.1) is 10.2 Å². The van der Waals surface area contributed by atoms with Gasteiger partial charge < -0.3 is 15.5 Å². The number of fused-ring (bicyclic) bond motifs is 1. The van der Waals surface area contributed by atoms with Gasteiger partial charge in [0.1, 0.15) is 29.6 Å². The predicted molar refractivity (Wildman–Crippen MR) is 128 cm³/mol. The van der Waals surface area contributed by atoms with E-state index in [1.54, 1.807) is 44.3 Å². The molecule has 1 aliphatic heterocycles. The minimum absolute atomic E-state index is 0.0287. The van der Waals surface area contributed by atoms with E-state index in [1.165, 1.54) is 17.0 Å². The third kappa shape index (κ3) is 4.61. The zero-order valence-corrected chi connectivity index (χ0v) is 19.7. The lowest BCUT2D eigenvalue weighted by Gasteiger charge is -2.13. The maximum Gasteiger partial charge on any atom is 0.270 e. The number of likely N-dealkylation sites (N-methyl/N-ethyl adjacent to an activating group) is 1. The van der Waals surface area contributed by atoms with Crippen molar-refractivity contribution in [1.29, 1.82) is 0 Å². The average molecular weight is 501 g/mol. The second-order valence-corrected chi connectivity index (χ2v) is 8.37. The molecule has 13 heteroatoms. The molecule has 1 unspecified atom stereocenters. The van der Waals surface area contributed by atoms with Gasteiger partial charge >= 0.3 is 0 Å². The van der Waals surface area contributed by atoms with Gasteiger partial charge in [0, 0.05) is 36.5 Å². The van der Waals surface area contributed by atoms with E-state index in [9.17, 15) is 18.8 Å². The minimum atomic E-state index is -0.944. The number of anilines is 1. The summed E-state index contributed by atoms with van der Waals surface area (Å²) in [4.78, 5) is 47.8. The number of hydrogen-bond donors (Lipinski definition) is 3. The van der Waals surface area contributed by atoms with Crippen molar-refractivity contribution in [2.24, 2.45) is 0 Å². The fourth-order valence-corrected chi connectivity index (χ4v) is 3.99. The van der Waals surface area contributed by atoms with Gasteiger partial charge in [-0.1, -0.05) is 24.3 Å². The lowest BCUT2D eigenvalue weighted by Crippen LogP contribution is -2.36. The fraction of sp³-hybridized carbons (Fsp3) is 0.167. The highest BCUT2D eigenvalue weighted by atomic mass is 19.1. The van der Waals surface area contributed by atoms with Crippen LogP contribution in [0.3, 0.4) is 0 Å². The second kappa shape index (κ2) is 9.53. The lowest BCUT2D eigenvalue weighted by atomic mass is 10.0. The molecule has 3 heterocycles. The number of carbonyl (C=O) groups excluding carboxylic acids is 3. The van der Waals surface area contributed by atoms with Crippen molar-refractivity contribution in [1.82, 2.24) is 41.2 Å². The number of aromatic amines is 1. The Labute approximate surface area is 209 Å². The normalized spacial score (nSPS) is 14.4. The Bertz CT molecular complexity index is 1520. The molecule has 0 radical (unpaired) electrons. The number of hydrogen-bond acceptors (Lipinski definition) is 8. The van der Waals surface area contributed by atoms with E-state index in [2.05, 4.69) is 41.2 Å². The van der Waals surface area contributed by atoms with Crippen LogP contribution < -0.4 is 15.5 Å². The number of tetrazole rings is 1. The fourth-order valence-electron chi connectivity index (χ4n) is 3.99. The molecule has 0 bridgehead atoms. The average Bonchev–Trinajstić information content (AvgIpc) is 3.53. The van der Waals surface area contributed by atoms with Crippen molar-refractivity contribution in [3.05, 3.63) is 82.7 Å². The van der Waals surface area contributed by atoms with Crippen LogP contribution in [0.2, 0.25) is 0 Å². The standard InChI is InChI=1S/C24H20FN9O3/c1-12-7-13(3-6-16(12)25)10-26-22(35)17-9-18(28-11-27-17)23(36)29-20-15-5-4-14(21-30-32-33-31-21)8-19(15)34(2)24(20)37/h3-9,11,20H,10H2,1-2H3,(H,26,35)(H,29,36)(H,30,31,32,33). The first-order chi connectivity index (χ1) is 17.8. The number of H-pyrrole nitrogens is 1. The number of nitrogens with one attached hydrogen (secondary N) is 3. The molecular formula is C24H20FN9O3. The first-order valence-electron chi connectivity index (χ1n) is 11.1. The van der Waals surface area contributed by atoms with Gasteiger partial charge in [0.25, 0.3) is 17.7 Å². The molecule has 1 atom stereocenters. The summed E-state index contributed by atoms with van der Waals surface area (Å²) in [6.45, 7) is 1.78. The highest BCUT2D eigenvalue weighted by Crippen LogP contribution is 2.37. The van der Waals surface area contributed by atoms with Crippen molar-refractivity contribution in [2.45, 2.75) is 19.5 Å². The molecule has 0 spiro atoms. The summed E-state index contributed by atoms with van der Waals surface area (Å²) in [7, 11) is 1.60. The van der Waals surface area contributed by atoms with Crippen LogP contribution in [0.25, 0.3) is 11.4 Å². The first-order valence-corrected chi connectivity index (χ1v) is 11.1. The number of carbonyl (C=O) groups is 3. The summed E-state index contributed by atoms with van der Waals surface area (Å²) in [5, 5.41) is 19.2. The molecule has 0 saturated heterocycles. The summed E-state index contributed by atoms with van der Waals surface area (Å²) in [6.07, 6.45) is 1.10. The molecular weight excluding hydrogens is 481 g/mol. The van der Waals surface area contributed by atoms with Crippen LogP contribution in [0.1, 0.15) is 43.7 Å². The number of benzene rings is 2. The molecule has 37 heavy (non-hydrogen) atoms. The van der Waals surface area contributed by atoms with Crippen molar-refractivity contribution in [2.75, 3.05) is 11.9 Å². The first kappa shape index (κ1) is 23.7. The Morgan fingerprint density at radius 3 is 2.59 bits per heavy atom. The van der Waals surface area contributed by atoms with E-state index in [0.29, 0.717) is 33.8 Å². The molecule has 2 aromatic heterocycles. The van der Waals surface area contributed by atoms with Crippen molar-refractivity contribution < 1.29 is 18.8 Å². The van der Waals surface area contributed by atoms with Crippen LogP contribution in [0.5, 0.6) is 0 Å². The summed E-state index contributed by atoms with van der Waals surface area (Å²) in [5.74, 6) is -1.47. The van der Waals surface area contributed by atoms with Crippen LogP contribution in [-0.2, 0) is 11.3 Å². The smallest absolute Gasteiger partial charge is 0.270 e. The molecule has 0 fully saturated rings. The van der Waals surface area contributed by atoms with Gasteiger partial charge in [-0.05, 0) is 35.4 Å². The van der Waals surface area contributed by atoms with Crippen molar-refractivity contribution in [3.8, 4) is 11.4 Å². The SMILES string of the molecule is Cc1cc(CNC(=O)c2cc(C(=O)NC3C(=O)N(C)c4cc(-c5nn[nH]n5)ccc43)ncn2)ccc1F. The monoisotopic (exact) mass is 501 g/mol. The maximum atomic E-state index is 13.5. The molecule has 4 aromatic rings. The number of amides is 3. The maximum absolute atomic E-state index is 13.5. The molecule has 186 valence electrons. The quantitative estimate of drug-likeness (QED) is 0.358. The van der Waals surface area contributed by atoms with E-state index < -0.39 is 17.9 Å². The molecule has 2 aromatic carbocycles. The highest BCUT2D eigenvalue weighted by Gasteiger charge is 2.37. The second-order valence-electron chi connectivity index (χ2n) is 8.37. The summed E-state index contributed by atoms with van der Waals surface area (Å²) >= 11 is 0. The van der Waals surface area contributed by atoms with Crippen molar-refractivity contribution in [3.63, 3.8) is 0 Å². The lowest BCUT2D eigenvalue weighted by molar-refractivity contribution is -0.119. The third-order valence-electron chi connectivity index (χ3n) is 5.97. The van der Waals surface area contributed by atoms with Gasteiger partial charge in [-0.3, -0.25) is 14.4 Å². The van der Waals surface area contributed by atoms with Gasteiger partial charge in [-0.2, -0.15) is 5.21 Å². The number of halogens is 1. The third-order valence-corrected chi connectivity index (χ3v) is 5.97. The van der Waals surface area contributed by atoms with Crippen LogP contribution in [0.4, 0.5) is 10.1 Å². The number of aryl methyl sites for hydroxylation is 1. The Hall–Kier alpha value is -5.07. The Morgan fingerprint density at radius 1 is 1.08 bits per heavy atom. The van der Waals surface area contributed by atoms with Gasteiger partial charge in [0.2, 0.25) is 5.82 Å². The Balaban J connectivity index is 1.29. The molecule has 0 aliphatic carbocycles. The summed E-state index contributed by atoms with van der Waals surface area (Å²) < 4.78 is 13.5. The zero-order valence-electron chi connectivity index (χ0n) is 19.7. The molecule has 3 N–H and O–H groups in total. The topological polar surface area (TPSA) is 159 Å². The zero-order chi connectivity index (χ0) is 26.1. The van der Waals surface area contributed by atoms with E-state index in [-0.39, 0.29) is 29.7 Å². The van der Waals surface area contributed by atoms with Crippen LogP contribution in [0.15, 0.2) is 48.8 Å². The number of aromatic nitrogens is 6. The molecule has 12 nitrogen and oxygen atoms in total. The molecule has 0 saturated carbocycles. The number of nitrogens with zero attached hydrogens (tertiary/aromatic N) is 6. The van der Waals surface area contributed by atoms with Crippen LogP contribution in [0, 0.1) is 12.7 Å². The van der Waals surface area contributed by atoms with Gasteiger partial charge in [0.05, 0.1) is 0 Å². The summed E-state index contributed by atoms with van der Waals surface area (Å²) in [5.41, 5.74) is 2.91. The molecule has 3 amide bonds. The predicted octanol–water partition coefficient (Wildman–Crippen LogP) is 1.48. The van der Waals surface area contributed by atoms with E-state index in [0.717, 1.165) is 6.33 Å². The Morgan fingerprint density at radius 2 is 1.86 bits per heavy atom.